The molecule has 0 saturated heterocycles. The first-order valence-electron chi connectivity index (χ1n) is 11.3. The number of allylic oxidation sites excluding steroid dienone is 2. The van der Waals surface area contributed by atoms with E-state index in [4.69, 9.17) is 10.8 Å². The second-order valence-electron chi connectivity index (χ2n) is 8.09. The second-order valence-corrected chi connectivity index (χ2v) is 9.82. The molecule has 1 amide bonds. The highest BCUT2D eigenvalue weighted by Gasteiger charge is 2.50. The molecule has 0 rings (SSSR count). The summed E-state index contributed by atoms with van der Waals surface area (Å²) in [4.78, 5) is 22.6. The molecule has 1 unspecified atom stereocenters. The van der Waals surface area contributed by atoms with Crippen LogP contribution in [0.2, 0.25) is 0 Å². The van der Waals surface area contributed by atoms with E-state index in [0.29, 0.717) is 12.8 Å². The Labute approximate surface area is 182 Å². The molecule has 0 bridgehead atoms. The van der Waals surface area contributed by atoms with Gasteiger partial charge in [0.25, 0.3) is 10.1 Å². The number of carboxylic acid groups (broad SMARTS) is 1. The summed E-state index contributed by atoms with van der Waals surface area (Å²) in [6, 6.07) is 0. The first-order chi connectivity index (χ1) is 14.2. The number of hydrogen-bond acceptors (Lipinski definition) is 4. The number of hydrogen-bond donors (Lipinski definition) is 3. The second kappa shape index (κ2) is 16.3. The number of unbranched alkanes of at least 4 members (excludes halogenated alkanes) is 12. The molecule has 0 saturated carbocycles. The van der Waals surface area contributed by atoms with E-state index in [1.54, 1.807) is 0 Å². The van der Waals surface area contributed by atoms with E-state index < -0.39 is 33.2 Å². The van der Waals surface area contributed by atoms with E-state index in [0.717, 1.165) is 38.5 Å². The molecule has 0 aromatic rings. The van der Waals surface area contributed by atoms with Crippen LogP contribution in [0.4, 0.5) is 0 Å². The molecule has 0 fully saturated rings. The van der Waals surface area contributed by atoms with Crippen LogP contribution in [0.15, 0.2) is 12.2 Å². The van der Waals surface area contributed by atoms with Crippen LogP contribution in [0, 0.1) is 0 Å². The van der Waals surface area contributed by atoms with Gasteiger partial charge in [-0.3, -0.25) is 14.1 Å². The van der Waals surface area contributed by atoms with Gasteiger partial charge in [-0.2, -0.15) is 8.42 Å². The minimum atomic E-state index is -4.90. The number of carbonyl (C=O) groups is 2. The van der Waals surface area contributed by atoms with Crippen molar-refractivity contribution in [2.45, 2.75) is 114 Å². The molecule has 7 nitrogen and oxygen atoms in total. The lowest BCUT2D eigenvalue weighted by Gasteiger charge is -2.25. The van der Waals surface area contributed by atoms with Gasteiger partial charge in [0.15, 0.2) is 4.75 Å². The van der Waals surface area contributed by atoms with Gasteiger partial charge in [0, 0.05) is 0 Å². The van der Waals surface area contributed by atoms with E-state index in [-0.39, 0.29) is 6.42 Å². The number of amides is 1. The Hall–Kier alpha value is -1.41. The molecule has 4 N–H and O–H groups in total. The predicted octanol–water partition coefficient (Wildman–Crippen LogP) is 5.00. The maximum absolute atomic E-state index is 11.6. The van der Waals surface area contributed by atoms with Crippen LogP contribution in [0.1, 0.15) is 110 Å². The maximum atomic E-state index is 11.6. The standard InChI is InChI=1S/C22H41NO6S/c1-2-3-4-5-6-7-8-9-10-11-12-13-14-15-16-17-18-22(21(23)26,19-20(24)25)30(27,28)29/h9-10H,2-8,11-19H2,1H3,(H2,23,26)(H,24,25)(H,27,28,29)/b10-9-. The maximum Gasteiger partial charge on any atom is 0.305 e. The molecule has 0 aliphatic carbocycles. The van der Waals surface area contributed by atoms with Crippen LogP contribution in [0.25, 0.3) is 0 Å². The Morgan fingerprint density at radius 3 is 1.67 bits per heavy atom. The molecular weight excluding hydrogens is 406 g/mol. The Balaban J connectivity index is 3.91. The summed E-state index contributed by atoms with van der Waals surface area (Å²) < 4.78 is 30.1. The molecule has 0 aliphatic heterocycles. The van der Waals surface area contributed by atoms with Crippen molar-refractivity contribution in [3.05, 3.63) is 12.2 Å². The highest BCUT2D eigenvalue weighted by Crippen LogP contribution is 2.28. The fraction of sp³-hybridized carbons (Fsp3) is 0.818. The molecular formula is C22H41NO6S. The summed E-state index contributed by atoms with van der Waals surface area (Å²) in [6.07, 6.45) is 18.3. The van der Waals surface area contributed by atoms with Crippen molar-refractivity contribution < 1.29 is 27.7 Å². The van der Waals surface area contributed by atoms with Crippen LogP contribution >= 0.6 is 0 Å². The third kappa shape index (κ3) is 12.3. The Morgan fingerprint density at radius 2 is 1.27 bits per heavy atom. The zero-order chi connectivity index (χ0) is 22.9. The SMILES string of the molecule is CCCCCCCC/C=C\CCCCCCCCC(CC(=O)O)(C(N)=O)S(=O)(=O)O. The molecule has 30 heavy (non-hydrogen) atoms. The number of rotatable bonds is 20. The summed E-state index contributed by atoms with van der Waals surface area (Å²) >= 11 is 0. The molecule has 176 valence electrons. The van der Waals surface area contributed by atoms with Crippen molar-refractivity contribution in [2.75, 3.05) is 0 Å². The highest BCUT2D eigenvalue weighted by molar-refractivity contribution is 7.88. The van der Waals surface area contributed by atoms with E-state index in [1.807, 2.05) is 0 Å². The highest BCUT2D eigenvalue weighted by atomic mass is 32.2. The van der Waals surface area contributed by atoms with E-state index in [9.17, 15) is 22.6 Å². The molecule has 0 heterocycles. The van der Waals surface area contributed by atoms with Crippen LogP contribution in [-0.4, -0.2) is 34.7 Å². The first kappa shape index (κ1) is 28.6. The molecule has 0 radical (unpaired) electrons. The van der Waals surface area contributed by atoms with Crippen LogP contribution in [0.5, 0.6) is 0 Å². The minimum absolute atomic E-state index is 0.283. The average Bonchev–Trinajstić information content (AvgIpc) is 2.65. The third-order valence-corrected chi connectivity index (χ3v) is 7.01. The third-order valence-electron chi connectivity index (χ3n) is 5.47. The van der Waals surface area contributed by atoms with Gasteiger partial charge in [0.1, 0.15) is 0 Å². The number of carboxylic acids is 1. The van der Waals surface area contributed by atoms with E-state index in [2.05, 4.69) is 19.1 Å². The predicted molar refractivity (Wildman–Crippen MR) is 120 cm³/mol. The van der Waals surface area contributed by atoms with Crippen LogP contribution in [-0.2, 0) is 19.7 Å². The van der Waals surface area contributed by atoms with Crippen molar-refractivity contribution >= 4 is 22.0 Å². The lowest BCUT2D eigenvalue weighted by atomic mass is 9.95. The Morgan fingerprint density at radius 1 is 0.833 bits per heavy atom. The zero-order valence-electron chi connectivity index (χ0n) is 18.5. The molecule has 0 spiro atoms. The lowest BCUT2D eigenvalue weighted by molar-refractivity contribution is -0.140. The van der Waals surface area contributed by atoms with Crippen molar-refractivity contribution in [2.24, 2.45) is 5.73 Å². The number of carbonyl (C=O) groups excluding carboxylic acids is 1. The monoisotopic (exact) mass is 447 g/mol. The van der Waals surface area contributed by atoms with E-state index in [1.165, 1.54) is 38.5 Å². The fourth-order valence-electron chi connectivity index (χ4n) is 3.55. The van der Waals surface area contributed by atoms with Crippen molar-refractivity contribution in [3.63, 3.8) is 0 Å². The average molecular weight is 448 g/mol. The van der Waals surface area contributed by atoms with Crippen LogP contribution in [0.3, 0.4) is 0 Å². The first-order valence-corrected chi connectivity index (χ1v) is 12.7. The van der Waals surface area contributed by atoms with Crippen LogP contribution < -0.4 is 5.73 Å². The summed E-state index contributed by atoms with van der Waals surface area (Å²) in [5.41, 5.74) is 5.12. The number of nitrogens with two attached hydrogens (primary N) is 1. The largest absolute Gasteiger partial charge is 0.481 e. The lowest BCUT2D eigenvalue weighted by Crippen LogP contribution is -2.51. The quantitative estimate of drug-likeness (QED) is 0.136. The molecule has 0 aromatic heterocycles. The van der Waals surface area contributed by atoms with E-state index >= 15 is 0 Å². The van der Waals surface area contributed by atoms with Crippen molar-refractivity contribution in [1.29, 1.82) is 0 Å². The van der Waals surface area contributed by atoms with Crippen molar-refractivity contribution in [1.82, 2.24) is 0 Å². The topological polar surface area (TPSA) is 135 Å². The fourth-order valence-corrected chi connectivity index (χ4v) is 4.51. The van der Waals surface area contributed by atoms with Gasteiger partial charge in [0.05, 0.1) is 6.42 Å². The molecule has 8 heteroatoms. The number of primary amides is 1. The molecule has 1 atom stereocenters. The van der Waals surface area contributed by atoms with Gasteiger partial charge in [0.2, 0.25) is 5.91 Å². The summed E-state index contributed by atoms with van der Waals surface area (Å²) in [5, 5.41) is 8.91. The zero-order valence-corrected chi connectivity index (χ0v) is 19.3. The summed E-state index contributed by atoms with van der Waals surface area (Å²) in [6.45, 7) is 2.23. The molecule has 0 aliphatic rings. The Kier molecular flexibility index (Phi) is 15.5. The minimum Gasteiger partial charge on any atom is -0.481 e. The molecule has 0 aromatic carbocycles. The van der Waals surface area contributed by atoms with Gasteiger partial charge >= 0.3 is 5.97 Å². The van der Waals surface area contributed by atoms with Crippen molar-refractivity contribution in [3.8, 4) is 0 Å². The smallest absolute Gasteiger partial charge is 0.305 e. The summed E-state index contributed by atoms with van der Waals surface area (Å²) in [7, 11) is -4.90. The van der Waals surface area contributed by atoms with Gasteiger partial charge < -0.3 is 10.8 Å². The number of aliphatic carboxylic acids is 1. The summed E-state index contributed by atoms with van der Waals surface area (Å²) in [5.74, 6) is -2.81. The van der Waals surface area contributed by atoms with Gasteiger partial charge in [-0.25, -0.2) is 0 Å². The van der Waals surface area contributed by atoms with Gasteiger partial charge in [-0.05, 0) is 32.1 Å². The van der Waals surface area contributed by atoms with Gasteiger partial charge in [-0.15, -0.1) is 0 Å². The van der Waals surface area contributed by atoms with Gasteiger partial charge in [-0.1, -0.05) is 83.3 Å². The normalized spacial score (nSPS) is 14.1. The Bertz CT molecular complexity index is 617.